The van der Waals surface area contributed by atoms with Crippen molar-refractivity contribution in [3.63, 3.8) is 0 Å². The van der Waals surface area contributed by atoms with Crippen LogP contribution in [0.2, 0.25) is 0 Å². The van der Waals surface area contributed by atoms with Gasteiger partial charge in [0.1, 0.15) is 11.6 Å². The molecule has 0 atom stereocenters. The van der Waals surface area contributed by atoms with Gasteiger partial charge in [0.15, 0.2) is 0 Å². The summed E-state index contributed by atoms with van der Waals surface area (Å²) in [6, 6.07) is 1.96. The summed E-state index contributed by atoms with van der Waals surface area (Å²) in [6.45, 7) is 14.8. The van der Waals surface area contributed by atoms with E-state index in [2.05, 4.69) is 51.8 Å². The molecule has 23 heavy (non-hydrogen) atoms. The Morgan fingerprint density at radius 1 is 1.09 bits per heavy atom. The molecule has 0 bridgehead atoms. The number of likely N-dealkylation sites (tertiary alicyclic amines) is 1. The van der Waals surface area contributed by atoms with Gasteiger partial charge in [-0.2, -0.15) is 0 Å². The number of rotatable bonds is 3. The quantitative estimate of drug-likeness (QED) is 0.930. The second kappa shape index (κ2) is 6.46. The molecular formula is C18H30N4O. The van der Waals surface area contributed by atoms with Crippen LogP contribution in [0.4, 0.5) is 5.82 Å². The van der Waals surface area contributed by atoms with E-state index in [0.29, 0.717) is 6.54 Å². The Bertz CT molecular complexity index is 531. The molecular weight excluding hydrogens is 288 g/mol. The third-order valence-corrected chi connectivity index (χ3v) is 4.04. The zero-order valence-corrected chi connectivity index (χ0v) is 15.4. The number of hydrogen-bond acceptors (Lipinski definition) is 4. The predicted octanol–water partition coefficient (Wildman–Crippen LogP) is 3.11. The largest absolute Gasteiger partial charge is 0.361 e. The number of amides is 1. The molecule has 2 heterocycles. The Morgan fingerprint density at radius 3 is 2.22 bits per heavy atom. The van der Waals surface area contributed by atoms with Crippen molar-refractivity contribution in [3.8, 4) is 0 Å². The van der Waals surface area contributed by atoms with Crippen molar-refractivity contribution in [3.05, 3.63) is 17.6 Å². The normalized spacial score (nSPS) is 15.8. The lowest BCUT2D eigenvalue weighted by molar-refractivity contribution is -0.128. The average Bonchev–Trinajstić information content (AvgIpc) is 2.96. The fourth-order valence-corrected chi connectivity index (χ4v) is 2.50. The lowest BCUT2D eigenvalue weighted by Crippen LogP contribution is -2.33. The van der Waals surface area contributed by atoms with Crippen LogP contribution in [0.3, 0.4) is 0 Å². The van der Waals surface area contributed by atoms with Crippen LogP contribution in [0.1, 0.15) is 65.9 Å². The fourth-order valence-electron chi connectivity index (χ4n) is 2.50. The zero-order valence-electron chi connectivity index (χ0n) is 15.4. The van der Waals surface area contributed by atoms with Gasteiger partial charge in [0.25, 0.3) is 0 Å². The van der Waals surface area contributed by atoms with Crippen LogP contribution in [0.25, 0.3) is 0 Å². The standard InChI is InChI=1S/C18H30N4O/c1-17(2,3)13-11-14(21-16(20-13)18(4,5)6)19-12-15(23)22-9-7-8-10-22/h11H,7-10,12H2,1-6H3,(H,19,20,21). The highest BCUT2D eigenvalue weighted by Crippen LogP contribution is 2.26. The minimum Gasteiger partial charge on any atom is -0.361 e. The van der Waals surface area contributed by atoms with E-state index >= 15 is 0 Å². The minimum absolute atomic E-state index is 0.0572. The number of nitrogens with zero attached hydrogens (tertiary/aromatic N) is 3. The first-order valence-electron chi connectivity index (χ1n) is 8.49. The predicted molar refractivity (Wildman–Crippen MR) is 93.7 cm³/mol. The van der Waals surface area contributed by atoms with Gasteiger partial charge in [0.05, 0.1) is 12.2 Å². The van der Waals surface area contributed by atoms with E-state index in [1.165, 1.54) is 0 Å². The summed E-state index contributed by atoms with van der Waals surface area (Å²) in [5.74, 6) is 1.69. The molecule has 1 aromatic heterocycles. The Balaban J connectivity index is 2.18. The number of carbonyl (C=O) groups excluding carboxylic acids is 1. The Morgan fingerprint density at radius 2 is 1.70 bits per heavy atom. The van der Waals surface area contributed by atoms with Crippen LogP contribution >= 0.6 is 0 Å². The molecule has 0 unspecified atom stereocenters. The highest BCUT2D eigenvalue weighted by atomic mass is 16.2. The summed E-state index contributed by atoms with van der Waals surface area (Å²) in [4.78, 5) is 23.5. The van der Waals surface area contributed by atoms with Crippen molar-refractivity contribution in [2.45, 2.75) is 65.2 Å². The second-order valence-electron chi connectivity index (χ2n) is 8.40. The molecule has 0 spiro atoms. The number of aromatic nitrogens is 2. The Hall–Kier alpha value is -1.65. The highest BCUT2D eigenvalue weighted by Gasteiger charge is 2.24. The molecule has 128 valence electrons. The van der Waals surface area contributed by atoms with Crippen molar-refractivity contribution in [2.24, 2.45) is 0 Å². The van der Waals surface area contributed by atoms with Crippen LogP contribution in [0.5, 0.6) is 0 Å². The topological polar surface area (TPSA) is 58.1 Å². The van der Waals surface area contributed by atoms with Crippen molar-refractivity contribution < 1.29 is 4.79 Å². The minimum atomic E-state index is -0.128. The first-order valence-corrected chi connectivity index (χ1v) is 8.49. The van der Waals surface area contributed by atoms with Gasteiger partial charge in [-0.05, 0) is 12.8 Å². The van der Waals surface area contributed by atoms with Crippen molar-refractivity contribution >= 4 is 11.7 Å². The zero-order chi connectivity index (χ0) is 17.3. The second-order valence-corrected chi connectivity index (χ2v) is 8.40. The van der Waals surface area contributed by atoms with E-state index in [1.807, 2.05) is 11.0 Å². The van der Waals surface area contributed by atoms with Gasteiger partial charge in [-0.1, -0.05) is 41.5 Å². The van der Waals surface area contributed by atoms with Gasteiger partial charge < -0.3 is 10.2 Å². The lowest BCUT2D eigenvalue weighted by Gasteiger charge is -2.24. The fraction of sp³-hybridized carbons (Fsp3) is 0.722. The molecule has 1 amide bonds. The number of carbonyl (C=O) groups is 1. The summed E-state index contributed by atoms with van der Waals surface area (Å²) in [5.41, 5.74) is 0.808. The van der Waals surface area contributed by atoms with Crippen LogP contribution in [0, 0.1) is 0 Å². The molecule has 0 radical (unpaired) electrons. The van der Waals surface area contributed by atoms with Crippen molar-refractivity contribution in [1.29, 1.82) is 0 Å². The van der Waals surface area contributed by atoms with E-state index in [4.69, 9.17) is 4.98 Å². The van der Waals surface area contributed by atoms with E-state index in [-0.39, 0.29) is 16.7 Å². The van der Waals surface area contributed by atoms with Gasteiger partial charge in [0.2, 0.25) is 5.91 Å². The maximum absolute atomic E-state index is 12.2. The molecule has 5 nitrogen and oxygen atoms in total. The van der Waals surface area contributed by atoms with Gasteiger partial charge in [-0.15, -0.1) is 0 Å². The Labute approximate surface area is 139 Å². The summed E-state index contributed by atoms with van der Waals surface area (Å²) < 4.78 is 0. The summed E-state index contributed by atoms with van der Waals surface area (Å²) in [5, 5.41) is 3.20. The Kier molecular flexibility index (Phi) is 4.97. The number of hydrogen-bond donors (Lipinski definition) is 1. The van der Waals surface area contributed by atoms with Crippen LogP contribution in [-0.2, 0) is 15.6 Å². The van der Waals surface area contributed by atoms with E-state index in [0.717, 1.165) is 43.3 Å². The maximum atomic E-state index is 12.2. The molecule has 0 aliphatic carbocycles. The maximum Gasteiger partial charge on any atom is 0.241 e. The molecule has 1 saturated heterocycles. The highest BCUT2D eigenvalue weighted by molar-refractivity contribution is 5.80. The van der Waals surface area contributed by atoms with Crippen LogP contribution in [-0.4, -0.2) is 40.4 Å². The molecule has 5 heteroatoms. The van der Waals surface area contributed by atoms with Crippen LogP contribution < -0.4 is 5.32 Å². The third-order valence-electron chi connectivity index (χ3n) is 4.04. The molecule has 1 fully saturated rings. The van der Waals surface area contributed by atoms with Gasteiger partial charge in [0, 0.05) is 30.0 Å². The summed E-state index contributed by atoms with van der Waals surface area (Å²) >= 11 is 0. The van der Waals surface area contributed by atoms with E-state index < -0.39 is 0 Å². The third kappa shape index (κ3) is 4.66. The summed E-state index contributed by atoms with van der Waals surface area (Å²) in [7, 11) is 0. The van der Waals surface area contributed by atoms with Gasteiger partial charge in [-0.25, -0.2) is 9.97 Å². The SMILES string of the molecule is CC(C)(C)c1cc(NCC(=O)N2CCCC2)nc(C(C)(C)C)n1. The smallest absolute Gasteiger partial charge is 0.241 e. The van der Waals surface area contributed by atoms with Crippen LogP contribution in [0.15, 0.2) is 6.07 Å². The average molecular weight is 318 g/mol. The first kappa shape index (κ1) is 17.7. The summed E-state index contributed by atoms with van der Waals surface area (Å²) in [6.07, 6.45) is 2.23. The first-order chi connectivity index (χ1) is 10.6. The molecule has 1 aromatic rings. The molecule has 1 aliphatic heterocycles. The molecule has 1 N–H and O–H groups in total. The molecule has 2 rings (SSSR count). The number of nitrogens with one attached hydrogen (secondary N) is 1. The lowest BCUT2D eigenvalue weighted by atomic mass is 9.90. The van der Waals surface area contributed by atoms with E-state index in [1.54, 1.807) is 0 Å². The van der Waals surface area contributed by atoms with Gasteiger partial charge in [-0.3, -0.25) is 4.79 Å². The molecule has 0 saturated carbocycles. The monoisotopic (exact) mass is 318 g/mol. The van der Waals surface area contributed by atoms with E-state index in [9.17, 15) is 4.79 Å². The van der Waals surface area contributed by atoms with Gasteiger partial charge >= 0.3 is 0 Å². The van der Waals surface area contributed by atoms with Crippen molar-refractivity contribution in [2.75, 3.05) is 25.0 Å². The molecule has 0 aromatic carbocycles. The van der Waals surface area contributed by atoms with Crippen molar-refractivity contribution in [1.82, 2.24) is 14.9 Å². The molecule has 1 aliphatic rings. The number of anilines is 1.